The van der Waals surface area contributed by atoms with Gasteiger partial charge in [-0.3, -0.25) is 9.59 Å². The predicted molar refractivity (Wildman–Crippen MR) is 123 cm³/mol. The molecule has 9 heteroatoms. The summed E-state index contributed by atoms with van der Waals surface area (Å²) in [5.41, 5.74) is -1.20. The lowest BCUT2D eigenvalue weighted by molar-refractivity contribution is -0.139. The van der Waals surface area contributed by atoms with Crippen LogP contribution < -0.4 is 4.90 Å². The van der Waals surface area contributed by atoms with E-state index < -0.39 is 11.7 Å². The molecule has 5 rings (SSSR count). The van der Waals surface area contributed by atoms with E-state index in [1.54, 1.807) is 12.1 Å². The number of hydrogen-bond acceptors (Lipinski definition) is 4. The summed E-state index contributed by atoms with van der Waals surface area (Å²) >= 11 is 0. The Morgan fingerprint density at radius 2 is 1.66 bits per heavy atom. The molecule has 1 atom stereocenters. The first kappa shape index (κ1) is 24.0. The molecule has 3 heterocycles. The SMILES string of the molecule is N#Cc1ccc(N2CCC3(CC2)CN(C(=O)C2CCC2)CC3C(=O)N2CCCC2)cc1C(F)(F)F. The minimum atomic E-state index is -4.60. The van der Waals surface area contributed by atoms with Crippen molar-refractivity contribution in [2.24, 2.45) is 17.3 Å². The van der Waals surface area contributed by atoms with Crippen molar-refractivity contribution in [1.29, 1.82) is 5.26 Å². The molecule has 1 unspecified atom stereocenters. The lowest BCUT2D eigenvalue weighted by Gasteiger charge is -2.43. The van der Waals surface area contributed by atoms with E-state index in [4.69, 9.17) is 5.26 Å². The minimum absolute atomic E-state index is 0.0761. The Hall–Kier alpha value is -2.76. The second-order valence-corrected chi connectivity index (χ2v) is 10.6. The molecule has 3 saturated heterocycles. The van der Waals surface area contributed by atoms with E-state index in [2.05, 4.69) is 0 Å². The van der Waals surface area contributed by atoms with Crippen molar-refractivity contribution in [3.8, 4) is 6.07 Å². The third-order valence-corrected chi connectivity index (χ3v) is 8.68. The van der Waals surface area contributed by atoms with Crippen LogP contribution in [0.3, 0.4) is 0 Å². The molecular weight excluding hydrogens is 457 g/mol. The molecule has 1 saturated carbocycles. The summed E-state index contributed by atoms with van der Waals surface area (Å²) in [5, 5.41) is 9.09. The summed E-state index contributed by atoms with van der Waals surface area (Å²) in [6.07, 6.45) is 1.61. The molecule has 6 nitrogen and oxygen atoms in total. The molecule has 0 bridgehead atoms. The standard InChI is InChI=1S/C26H31F3N4O2/c27-26(28,29)21-14-20(7-6-19(21)15-30)31-12-8-25(9-13-31)17-33(23(34)18-4-3-5-18)16-22(25)24(35)32-10-1-2-11-32/h6-7,14,18,22H,1-5,8-13,16-17H2. The van der Waals surface area contributed by atoms with E-state index in [0.29, 0.717) is 44.7 Å². The molecule has 0 radical (unpaired) electrons. The number of nitriles is 1. The first-order valence-electron chi connectivity index (χ1n) is 12.7. The average molecular weight is 489 g/mol. The maximum Gasteiger partial charge on any atom is 0.417 e. The zero-order chi connectivity index (χ0) is 24.8. The molecule has 3 aliphatic heterocycles. The van der Waals surface area contributed by atoms with E-state index in [-0.39, 0.29) is 34.6 Å². The van der Waals surface area contributed by atoms with Crippen LogP contribution in [0.4, 0.5) is 18.9 Å². The fourth-order valence-electron chi connectivity index (χ4n) is 6.33. The van der Waals surface area contributed by atoms with Gasteiger partial charge < -0.3 is 14.7 Å². The lowest BCUT2D eigenvalue weighted by Crippen LogP contribution is -2.49. The number of alkyl halides is 3. The molecule has 0 aromatic heterocycles. The molecule has 1 spiro atoms. The number of anilines is 1. The third kappa shape index (κ3) is 4.36. The number of nitrogens with zero attached hydrogens (tertiary/aromatic N) is 4. The van der Waals surface area contributed by atoms with Crippen LogP contribution in [-0.2, 0) is 15.8 Å². The number of carbonyl (C=O) groups is 2. The van der Waals surface area contributed by atoms with Crippen molar-refractivity contribution in [2.75, 3.05) is 44.2 Å². The van der Waals surface area contributed by atoms with Gasteiger partial charge in [-0.25, -0.2) is 0 Å². The van der Waals surface area contributed by atoms with Crippen molar-refractivity contribution in [3.05, 3.63) is 29.3 Å². The van der Waals surface area contributed by atoms with Crippen molar-refractivity contribution >= 4 is 17.5 Å². The topological polar surface area (TPSA) is 67.6 Å². The number of rotatable bonds is 3. The van der Waals surface area contributed by atoms with Crippen LogP contribution in [0.2, 0.25) is 0 Å². The highest BCUT2D eigenvalue weighted by atomic mass is 19.4. The average Bonchev–Trinajstić information content (AvgIpc) is 3.46. The van der Waals surface area contributed by atoms with Gasteiger partial charge in [0, 0.05) is 56.3 Å². The molecular formula is C26H31F3N4O2. The Morgan fingerprint density at radius 1 is 0.971 bits per heavy atom. The van der Waals surface area contributed by atoms with E-state index >= 15 is 0 Å². The maximum absolute atomic E-state index is 13.5. The molecule has 4 fully saturated rings. The first-order valence-corrected chi connectivity index (χ1v) is 12.7. The van der Waals surface area contributed by atoms with Gasteiger partial charge >= 0.3 is 6.18 Å². The number of carbonyl (C=O) groups excluding carboxylic acids is 2. The summed E-state index contributed by atoms with van der Waals surface area (Å²) in [7, 11) is 0. The second-order valence-electron chi connectivity index (χ2n) is 10.6. The van der Waals surface area contributed by atoms with E-state index in [0.717, 1.165) is 51.3 Å². The quantitative estimate of drug-likeness (QED) is 0.644. The van der Waals surface area contributed by atoms with Crippen LogP contribution in [0.25, 0.3) is 0 Å². The van der Waals surface area contributed by atoms with Crippen LogP contribution in [0.1, 0.15) is 56.1 Å². The summed E-state index contributed by atoms with van der Waals surface area (Å²) in [6.45, 7) is 3.57. The van der Waals surface area contributed by atoms with E-state index in [9.17, 15) is 22.8 Å². The zero-order valence-electron chi connectivity index (χ0n) is 19.8. The molecule has 1 aromatic carbocycles. The van der Waals surface area contributed by atoms with Crippen molar-refractivity contribution < 1.29 is 22.8 Å². The van der Waals surface area contributed by atoms with Gasteiger partial charge in [0.15, 0.2) is 0 Å². The van der Waals surface area contributed by atoms with Crippen LogP contribution in [0.5, 0.6) is 0 Å². The maximum atomic E-state index is 13.5. The molecule has 1 aromatic rings. The monoisotopic (exact) mass is 488 g/mol. The molecule has 0 N–H and O–H groups in total. The lowest BCUT2D eigenvalue weighted by atomic mass is 9.70. The van der Waals surface area contributed by atoms with E-state index in [1.807, 2.05) is 14.7 Å². The molecule has 35 heavy (non-hydrogen) atoms. The smallest absolute Gasteiger partial charge is 0.371 e. The second kappa shape index (κ2) is 9.03. The minimum Gasteiger partial charge on any atom is -0.371 e. The van der Waals surface area contributed by atoms with Gasteiger partial charge in [0.25, 0.3) is 0 Å². The number of halogens is 3. The van der Waals surface area contributed by atoms with Gasteiger partial charge in [0.2, 0.25) is 11.8 Å². The Kier molecular flexibility index (Phi) is 6.18. The predicted octanol–water partition coefficient (Wildman–Crippen LogP) is 4.04. The summed E-state index contributed by atoms with van der Waals surface area (Å²) in [5.74, 6) is 0.125. The summed E-state index contributed by atoms with van der Waals surface area (Å²) < 4.78 is 40.4. The van der Waals surface area contributed by atoms with Crippen LogP contribution in [0.15, 0.2) is 18.2 Å². The summed E-state index contributed by atoms with van der Waals surface area (Å²) in [4.78, 5) is 32.4. The highest BCUT2D eigenvalue weighted by molar-refractivity contribution is 5.84. The van der Waals surface area contributed by atoms with Gasteiger partial charge in [-0.2, -0.15) is 18.4 Å². The third-order valence-electron chi connectivity index (χ3n) is 8.68. The Labute approximate surface area is 203 Å². The number of likely N-dealkylation sites (tertiary alicyclic amines) is 2. The number of piperidine rings is 1. The van der Waals surface area contributed by atoms with Crippen LogP contribution in [0, 0.1) is 28.6 Å². The highest BCUT2D eigenvalue weighted by Crippen LogP contribution is 2.48. The normalized spacial score (nSPS) is 24.5. The van der Waals surface area contributed by atoms with Crippen molar-refractivity contribution in [2.45, 2.75) is 51.1 Å². The number of benzene rings is 1. The van der Waals surface area contributed by atoms with Crippen LogP contribution >= 0.6 is 0 Å². The van der Waals surface area contributed by atoms with Crippen molar-refractivity contribution in [3.63, 3.8) is 0 Å². The fraction of sp³-hybridized carbons (Fsp3) is 0.654. The highest BCUT2D eigenvalue weighted by Gasteiger charge is 2.54. The molecule has 188 valence electrons. The van der Waals surface area contributed by atoms with Gasteiger partial charge in [-0.1, -0.05) is 6.42 Å². The molecule has 1 aliphatic carbocycles. The first-order chi connectivity index (χ1) is 16.7. The molecule has 2 amide bonds. The molecule has 4 aliphatic rings. The van der Waals surface area contributed by atoms with Crippen LogP contribution in [-0.4, -0.2) is 60.9 Å². The van der Waals surface area contributed by atoms with Gasteiger partial charge in [0.05, 0.1) is 23.1 Å². The van der Waals surface area contributed by atoms with Gasteiger partial charge in [0.1, 0.15) is 0 Å². The Bertz CT molecular complexity index is 1030. The number of hydrogen-bond donors (Lipinski definition) is 0. The van der Waals surface area contributed by atoms with Gasteiger partial charge in [-0.05, 0) is 56.7 Å². The van der Waals surface area contributed by atoms with Gasteiger partial charge in [-0.15, -0.1) is 0 Å². The zero-order valence-corrected chi connectivity index (χ0v) is 19.8. The van der Waals surface area contributed by atoms with E-state index in [1.165, 1.54) is 6.07 Å². The van der Waals surface area contributed by atoms with Crippen molar-refractivity contribution in [1.82, 2.24) is 9.80 Å². The number of amides is 2. The summed E-state index contributed by atoms with van der Waals surface area (Å²) in [6, 6.07) is 5.49. The Morgan fingerprint density at radius 3 is 2.23 bits per heavy atom. The fourth-order valence-corrected chi connectivity index (χ4v) is 6.33. The largest absolute Gasteiger partial charge is 0.417 e. The Balaban J connectivity index is 1.36.